The molecular formula is C16H30N2O3. The highest BCUT2D eigenvalue weighted by molar-refractivity contribution is 5.82. The summed E-state index contributed by atoms with van der Waals surface area (Å²) < 4.78 is 10.7. The van der Waals surface area contributed by atoms with E-state index in [4.69, 9.17) is 9.47 Å². The van der Waals surface area contributed by atoms with Crippen molar-refractivity contribution < 1.29 is 14.3 Å². The Bertz CT molecular complexity index is 344. The molecule has 122 valence electrons. The minimum Gasteiger partial charge on any atom is -0.465 e. The molecule has 1 heterocycles. The fourth-order valence-electron chi connectivity index (χ4n) is 3.60. The fourth-order valence-corrected chi connectivity index (χ4v) is 3.60. The summed E-state index contributed by atoms with van der Waals surface area (Å²) in [6, 6.07) is 0. The van der Waals surface area contributed by atoms with Gasteiger partial charge in [0.25, 0.3) is 0 Å². The SMILES string of the molecule is CCOC(=O)C(CN1CCCC(COC)C1)(NC)C1CC1. The van der Waals surface area contributed by atoms with Crippen molar-refractivity contribution in [3.63, 3.8) is 0 Å². The molecule has 2 fully saturated rings. The first-order valence-electron chi connectivity index (χ1n) is 8.23. The van der Waals surface area contributed by atoms with E-state index in [0.717, 1.165) is 39.1 Å². The number of likely N-dealkylation sites (tertiary alicyclic amines) is 1. The van der Waals surface area contributed by atoms with Crippen LogP contribution in [0.15, 0.2) is 0 Å². The Kier molecular flexibility index (Phi) is 6.02. The Morgan fingerprint density at radius 3 is 2.71 bits per heavy atom. The number of nitrogens with one attached hydrogen (secondary N) is 1. The molecule has 1 saturated carbocycles. The number of hydrogen-bond acceptors (Lipinski definition) is 5. The zero-order valence-electron chi connectivity index (χ0n) is 13.7. The summed E-state index contributed by atoms with van der Waals surface area (Å²) in [5.74, 6) is 0.924. The molecule has 2 aliphatic rings. The van der Waals surface area contributed by atoms with Crippen molar-refractivity contribution in [2.75, 3.05) is 47.0 Å². The van der Waals surface area contributed by atoms with E-state index in [1.807, 2.05) is 14.0 Å². The molecule has 0 aromatic carbocycles. The molecular weight excluding hydrogens is 268 g/mol. The number of nitrogens with zero attached hydrogens (tertiary/aromatic N) is 1. The van der Waals surface area contributed by atoms with Crippen LogP contribution in [0.2, 0.25) is 0 Å². The van der Waals surface area contributed by atoms with Crippen molar-refractivity contribution in [1.82, 2.24) is 10.2 Å². The second kappa shape index (κ2) is 7.56. The summed E-state index contributed by atoms with van der Waals surface area (Å²) in [5, 5.41) is 3.31. The zero-order valence-corrected chi connectivity index (χ0v) is 13.7. The summed E-state index contributed by atoms with van der Waals surface area (Å²) in [4.78, 5) is 14.9. The Labute approximate surface area is 128 Å². The van der Waals surface area contributed by atoms with Gasteiger partial charge in [-0.05, 0) is 58.0 Å². The van der Waals surface area contributed by atoms with Gasteiger partial charge in [-0.2, -0.15) is 0 Å². The topological polar surface area (TPSA) is 50.8 Å². The third kappa shape index (κ3) is 3.96. The van der Waals surface area contributed by atoms with Crippen molar-refractivity contribution >= 4 is 5.97 Å². The van der Waals surface area contributed by atoms with Gasteiger partial charge < -0.3 is 19.7 Å². The van der Waals surface area contributed by atoms with E-state index < -0.39 is 5.54 Å². The average molecular weight is 298 g/mol. The average Bonchev–Trinajstić information content (AvgIpc) is 3.31. The summed E-state index contributed by atoms with van der Waals surface area (Å²) >= 11 is 0. The number of rotatable bonds is 8. The highest BCUT2D eigenvalue weighted by Crippen LogP contribution is 2.41. The van der Waals surface area contributed by atoms with Gasteiger partial charge in [-0.1, -0.05) is 0 Å². The third-order valence-electron chi connectivity index (χ3n) is 4.84. The molecule has 5 heteroatoms. The number of hydrogen-bond donors (Lipinski definition) is 1. The molecule has 1 aliphatic heterocycles. The number of carbonyl (C=O) groups excluding carboxylic acids is 1. The molecule has 5 nitrogen and oxygen atoms in total. The van der Waals surface area contributed by atoms with Gasteiger partial charge in [-0.25, -0.2) is 4.79 Å². The Hall–Kier alpha value is -0.650. The highest BCUT2D eigenvalue weighted by Gasteiger charge is 2.52. The largest absolute Gasteiger partial charge is 0.465 e. The van der Waals surface area contributed by atoms with Gasteiger partial charge in [0.2, 0.25) is 0 Å². The van der Waals surface area contributed by atoms with E-state index in [2.05, 4.69) is 10.2 Å². The standard InChI is InChI=1S/C16H30N2O3/c1-4-21-15(19)16(17-2,14-7-8-14)12-18-9-5-6-13(10-18)11-20-3/h13-14,17H,4-12H2,1-3H3. The maximum absolute atomic E-state index is 12.5. The highest BCUT2D eigenvalue weighted by atomic mass is 16.5. The number of likely N-dealkylation sites (N-methyl/N-ethyl adjacent to an activating group) is 1. The molecule has 2 unspecified atom stereocenters. The van der Waals surface area contributed by atoms with Crippen LogP contribution in [0.25, 0.3) is 0 Å². The van der Waals surface area contributed by atoms with Crippen molar-refractivity contribution in [3.05, 3.63) is 0 Å². The van der Waals surface area contributed by atoms with Crippen molar-refractivity contribution in [3.8, 4) is 0 Å². The minimum absolute atomic E-state index is 0.0798. The molecule has 1 N–H and O–H groups in total. The van der Waals surface area contributed by atoms with Gasteiger partial charge in [0, 0.05) is 20.2 Å². The molecule has 1 saturated heterocycles. The fraction of sp³-hybridized carbons (Fsp3) is 0.938. The molecule has 21 heavy (non-hydrogen) atoms. The van der Waals surface area contributed by atoms with Crippen LogP contribution in [-0.4, -0.2) is 63.4 Å². The van der Waals surface area contributed by atoms with Crippen LogP contribution in [0.4, 0.5) is 0 Å². The summed E-state index contributed by atoms with van der Waals surface area (Å²) in [6.07, 6.45) is 4.64. The smallest absolute Gasteiger partial charge is 0.327 e. The molecule has 2 rings (SSSR count). The lowest BCUT2D eigenvalue weighted by atomic mass is 9.90. The number of esters is 1. The number of ether oxygens (including phenoxy) is 2. The lowest BCUT2D eigenvalue weighted by Gasteiger charge is -2.40. The van der Waals surface area contributed by atoms with Crippen LogP contribution >= 0.6 is 0 Å². The zero-order chi connectivity index (χ0) is 15.3. The van der Waals surface area contributed by atoms with Gasteiger partial charge in [-0.3, -0.25) is 0 Å². The van der Waals surface area contributed by atoms with E-state index >= 15 is 0 Å². The first-order chi connectivity index (χ1) is 10.2. The van der Waals surface area contributed by atoms with E-state index in [0.29, 0.717) is 18.4 Å². The molecule has 2 atom stereocenters. The summed E-state index contributed by atoms with van der Waals surface area (Å²) in [6.45, 7) is 5.97. The lowest BCUT2D eigenvalue weighted by molar-refractivity contribution is -0.153. The first kappa shape index (κ1) is 16.7. The molecule has 0 bridgehead atoms. The second-order valence-electron chi connectivity index (χ2n) is 6.41. The van der Waals surface area contributed by atoms with Crippen LogP contribution in [0, 0.1) is 11.8 Å². The molecule has 0 spiro atoms. The molecule has 0 aromatic heterocycles. The Morgan fingerprint density at radius 2 is 2.14 bits per heavy atom. The van der Waals surface area contributed by atoms with Crippen LogP contribution in [0.5, 0.6) is 0 Å². The summed E-state index contributed by atoms with van der Waals surface area (Å²) in [7, 11) is 3.66. The van der Waals surface area contributed by atoms with Crippen molar-refractivity contribution in [1.29, 1.82) is 0 Å². The van der Waals surface area contributed by atoms with Crippen LogP contribution in [0.3, 0.4) is 0 Å². The molecule has 0 radical (unpaired) electrons. The Morgan fingerprint density at radius 1 is 1.38 bits per heavy atom. The van der Waals surface area contributed by atoms with Gasteiger partial charge >= 0.3 is 5.97 Å². The van der Waals surface area contributed by atoms with E-state index in [9.17, 15) is 4.79 Å². The first-order valence-corrected chi connectivity index (χ1v) is 8.23. The predicted molar refractivity (Wildman–Crippen MR) is 82.2 cm³/mol. The van der Waals surface area contributed by atoms with Gasteiger partial charge in [-0.15, -0.1) is 0 Å². The predicted octanol–water partition coefficient (Wildman–Crippen LogP) is 1.28. The summed E-state index contributed by atoms with van der Waals surface area (Å²) in [5.41, 5.74) is -0.523. The van der Waals surface area contributed by atoms with E-state index in [1.165, 1.54) is 12.8 Å². The van der Waals surface area contributed by atoms with Gasteiger partial charge in [0.1, 0.15) is 5.54 Å². The monoisotopic (exact) mass is 298 g/mol. The van der Waals surface area contributed by atoms with E-state index in [1.54, 1.807) is 7.11 Å². The third-order valence-corrected chi connectivity index (χ3v) is 4.84. The number of carbonyl (C=O) groups is 1. The Balaban J connectivity index is 2.02. The molecule has 1 aliphatic carbocycles. The lowest BCUT2D eigenvalue weighted by Crippen LogP contribution is -2.61. The quantitative estimate of drug-likeness (QED) is 0.684. The maximum Gasteiger partial charge on any atom is 0.327 e. The van der Waals surface area contributed by atoms with Gasteiger partial charge in [0.15, 0.2) is 0 Å². The van der Waals surface area contributed by atoms with Crippen LogP contribution < -0.4 is 5.32 Å². The van der Waals surface area contributed by atoms with Crippen LogP contribution in [0.1, 0.15) is 32.6 Å². The second-order valence-corrected chi connectivity index (χ2v) is 6.41. The number of methoxy groups -OCH3 is 1. The van der Waals surface area contributed by atoms with Crippen molar-refractivity contribution in [2.24, 2.45) is 11.8 Å². The minimum atomic E-state index is -0.523. The normalized spacial score (nSPS) is 26.3. The molecule has 0 aromatic rings. The maximum atomic E-state index is 12.5. The molecule has 0 amide bonds. The van der Waals surface area contributed by atoms with Crippen molar-refractivity contribution in [2.45, 2.75) is 38.1 Å². The van der Waals surface area contributed by atoms with Crippen LogP contribution in [-0.2, 0) is 14.3 Å². The van der Waals surface area contributed by atoms with Gasteiger partial charge in [0.05, 0.1) is 13.2 Å². The number of piperidine rings is 1. The van der Waals surface area contributed by atoms with E-state index in [-0.39, 0.29) is 5.97 Å².